The fourth-order valence-corrected chi connectivity index (χ4v) is 2.83. The number of nitrogens with one attached hydrogen (secondary N) is 2. The van der Waals surface area contributed by atoms with Gasteiger partial charge in [0.1, 0.15) is 5.82 Å². The Hall–Kier alpha value is -3.35. The Kier molecular flexibility index (Phi) is 4.50. The van der Waals surface area contributed by atoms with Gasteiger partial charge in [-0.15, -0.1) is 0 Å². The fraction of sp³-hybridized carbons (Fsp3) is 0.250. The van der Waals surface area contributed by atoms with Crippen molar-refractivity contribution in [2.75, 3.05) is 19.5 Å². The number of hydrogen-bond donors (Lipinski definition) is 2. The van der Waals surface area contributed by atoms with E-state index in [1.165, 1.54) is 20.0 Å². The van der Waals surface area contributed by atoms with Gasteiger partial charge in [0.2, 0.25) is 0 Å². The number of hydrogen-bond acceptors (Lipinski definition) is 5. The molecule has 1 aromatic heterocycles. The second kappa shape index (κ2) is 7.11. The number of anilines is 1. The minimum Gasteiger partial charge on any atom is -0.493 e. The van der Waals surface area contributed by atoms with E-state index in [2.05, 4.69) is 20.5 Å². The number of carbonyl (C=O) groups is 1. The van der Waals surface area contributed by atoms with Crippen molar-refractivity contribution < 1.29 is 14.3 Å². The predicted octanol–water partition coefficient (Wildman–Crippen LogP) is 3.62. The highest BCUT2D eigenvalue weighted by molar-refractivity contribution is 6.04. The molecule has 0 spiro atoms. The molecule has 1 saturated carbocycles. The molecule has 2 N–H and O–H groups in total. The van der Waals surface area contributed by atoms with E-state index in [4.69, 9.17) is 9.47 Å². The van der Waals surface area contributed by atoms with Crippen molar-refractivity contribution in [3.05, 3.63) is 53.9 Å². The predicted molar refractivity (Wildman–Crippen MR) is 101 cm³/mol. The van der Waals surface area contributed by atoms with E-state index < -0.39 is 0 Å². The third-order valence-corrected chi connectivity index (χ3v) is 4.51. The maximum absolute atomic E-state index is 12.5. The molecule has 0 bridgehead atoms. The Morgan fingerprint density at radius 3 is 2.48 bits per heavy atom. The molecule has 0 unspecified atom stereocenters. The summed E-state index contributed by atoms with van der Waals surface area (Å²) in [5, 5.41) is 10.1. The van der Waals surface area contributed by atoms with E-state index in [9.17, 15) is 4.79 Å². The molecule has 0 radical (unpaired) electrons. The van der Waals surface area contributed by atoms with Crippen molar-refractivity contribution in [1.29, 1.82) is 0 Å². The minimum absolute atomic E-state index is 0.224. The average molecular weight is 364 g/mol. The molecule has 0 atom stereocenters. The van der Waals surface area contributed by atoms with Gasteiger partial charge in [-0.05, 0) is 55.3 Å². The maximum atomic E-state index is 12.5. The number of methoxy groups -OCH3 is 2. The number of amides is 1. The van der Waals surface area contributed by atoms with Crippen LogP contribution in [0.4, 0.5) is 5.69 Å². The van der Waals surface area contributed by atoms with Gasteiger partial charge in [-0.25, -0.2) is 4.98 Å². The summed E-state index contributed by atoms with van der Waals surface area (Å²) in [7, 11) is 3.09. The number of aromatic amines is 1. The van der Waals surface area contributed by atoms with Gasteiger partial charge in [0.15, 0.2) is 17.3 Å². The third-order valence-electron chi connectivity index (χ3n) is 4.51. The molecule has 1 heterocycles. The second-order valence-electron chi connectivity index (χ2n) is 6.42. The minimum atomic E-state index is -0.224. The third kappa shape index (κ3) is 3.62. The molecule has 3 aromatic rings. The SMILES string of the molecule is COc1ccc(C(=O)Nc2ccc(-c3n[nH]c(C4CC4)n3)cc2)cc1OC. The lowest BCUT2D eigenvalue weighted by molar-refractivity contribution is 0.102. The Morgan fingerprint density at radius 2 is 1.81 bits per heavy atom. The van der Waals surface area contributed by atoms with Crippen molar-refractivity contribution in [2.45, 2.75) is 18.8 Å². The lowest BCUT2D eigenvalue weighted by Gasteiger charge is -2.10. The van der Waals surface area contributed by atoms with Crippen LogP contribution in [0.5, 0.6) is 11.5 Å². The summed E-state index contributed by atoms with van der Waals surface area (Å²) in [5.74, 6) is 3.03. The summed E-state index contributed by atoms with van der Waals surface area (Å²) in [4.78, 5) is 17.0. The van der Waals surface area contributed by atoms with Crippen LogP contribution in [0.1, 0.15) is 34.9 Å². The highest BCUT2D eigenvalue weighted by atomic mass is 16.5. The van der Waals surface area contributed by atoms with Crippen molar-refractivity contribution in [3.8, 4) is 22.9 Å². The van der Waals surface area contributed by atoms with Gasteiger partial charge in [0.05, 0.1) is 14.2 Å². The zero-order valence-corrected chi connectivity index (χ0v) is 15.2. The topological polar surface area (TPSA) is 89.1 Å². The van der Waals surface area contributed by atoms with Crippen LogP contribution < -0.4 is 14.8 Å². The number of aromatic nitrogens is 3. The summed E-state index contributed by atoms with van der Waals surface area (Å²) >= 11 is 0. The number of rotatable bonds is 6. The Morgan fingerprint density at radius 1 is 1.07 bits per heavy atom. The Bertz CT molecular complexity index is 962. The van der Waals surface area contributed by atoms with E-state index in [-0.39, 0.29) is 5.91 Å². The lowest BCUT2D eigenvalue weighted by Crippen LogP contribution is -2.12. The number of benzene rings is 2. The van der Waals surface area contributed by atoms with E-state index >= 15 is 0 Å². The van der Waals surface area contributed by atoms with Crippen molar-refractivity contribution in [1.82, 2.24) is 15.2 Å². The maximum Gasteiger partial charge on any atom is 0.255 e. The molecule has 138 valence electrons. The van der Waals surface area contributed by atoms with Gasteiger partial charge in [-0.1, -0.05) is 0 Å². The molecule has 0 aliphatic heterocycles. The first-order valence-electron chi connectivity index (χ1n) is 8.74. The summed E-state index contributed by atoms with van der Waals surface area (Å²) in [6.45, 7) is 0. The van der Waals surface area contributed by atoms with Gasteiger partial charge in [0.25, 0.3) is 5.91 Å². The number of nitrogens with zero attached hydrogens (tertiary/aromatic N) is 2. The number of carbonyl (C=O) groups excluding carboxylic acids is 1. The highest BCUT2D eigenvalue weighted by Gasteiger charge is 2.27. The molecule has 7 nitrogen and oxygen atoms in total. The molecule has 27 heavy (non-hydrogen) atoms. The van der Waals surface area contributed by atoms with Gasteiger partial charge in [0, 0.05) is 22.7 Å². The van der Waals surface area contributed by atoms with E-state index in [0.29, 0.717) is 34.5 Å². The lowest BCUT2D eigenvalue weighted by atomic mass is 10.1. The first kappa shape index (κ1) is 17.1. The van der Waals surface area contributed by atoms with Crippen LogP contribution >= 0.6 is 0 Å². The molecule has 1 aliphatic carbocycles. The fourth-order valence-electron chi connectivity index (χ4n) is 2.83. The van der Waals surface area contributed by atoms with Crippen LogP contribution in [0, 0.1) is 0 Å². The molecule has 0 saturated heterocycles. The van der Waals surface area contributed by atoms with Crippen LogP contribution in [0.15, 0.2) is 42.5 Å². The van der Waals surface area contributed by atoms with Crippen molar-refractivity contribution >= 4 is 11.6 Å². The summed E-state index contributed by atoms with van der Waals surface area (Å²) in [5.41, 5.74) is 2.08. The molecular formula is C20H20N4O3. The van der Waals surface area contributed by atoms with E-state index in [0.717, 1.165) is 11.4 Å². The molecule has 4 rings (SSSR count). The first-order chi connectivity index (χ1) is 13.2. The quantitative estimate of drug-likeness (QED) is 0.697. The molecule has 1 amide bonds. The summed E-state index contributed by atoms with van der Waals surface area (Å²) in [6, 6.07) is 12.5. The summed E-state index contributed by atoms with van der Waals surface area (Å²) in [6.07, 6.45) is 2.35. The largest absolute Gasteiger partial charge is 0.493 e. The van der Waals surface area contributed by atoms with Crippen LogP contribution in [0.3, 0.4) is 0 Å². The standard InChI is InChI=1S/C20H20N4O3/c1-26-16-10-7-14(11-17(16)27-2)20(25)21-15-8-5-13(6-9-15)19-22-18(23-24-19)12-3-4-12/h5-12H,3-4H2,1-2H3,(H,21,25)(H,22,23,24). The van der Waals surface area contributed by atoms with Crippen LogP contribution in [-0.2, 0) is 0 Å². The highest BCUT2D eigenvalue weighted by Crippen LogP contribution is 2.38. The van der Waals surface area contributed by atoms with Crippen LogP contribution in [0.2, 0.25) is 0 Å². The van der Waals surface area contributed by atoms with E-state index in [1.54, 1.807) is 25.3 Å². The van der Waals surface area contributed by atoms with Crippen LogP contribution in [0.25, 0.3) is 11.4 Å². The number of H-pyrrole nitrogens is 1. The Balaban J connectivity index is 1.46. The monoisotopic (exact) mass is 364 g/mol. The van der Waals surface area contributed by atoms with E-state index in [1.807, 2.05) is 24.3 Å². The van der Waals surface area contributed by atoms with Gasteiger partial charge in [-0.3, -0.25) is 9.89 Å². The van der Waals surface area contributed by atoms with Gasteiger partial charge < -0.3 is 14.8 Å². The van der Waals surface area contributed by atoms with Crippen molar-refractivity contribution in [2.24, 2.45) is 0 Å². The molecule has 2 aromatic carbocycles. The van der Waals surface area contributed by atoms with Gasteiger partial charge >= 0.3 is 0 Å². The average Bonchev–Trinajstić information content (AvgIpc) is 3.45. The normalized spacial score (nSPS) is 13.3. The van der Waals surface area contributed by atoms with Crippen molar-refractivity contribution in [3.63, 3.8) is 0 Å². The molecular weight excluding hydrogens is 344 g/mol. The molecule has 1 aliphatic rings. The van der Waals surface area contributed by atoms with Crippen LogP contribution in [-0.4, -0.2) is 35.3 Å². The summed E-state index contributed by atoms with van der Waals surface area (Å²) < 4.78 is 10.4. The Labute approximate surface area is 156 Å². The zero-order chi connectivity index (χ0) is 18.8. The second-order valence-corrected chi connectivity index (χ2v) is 6.42. The first-order valence-corrected chi connectivity index (χ1v) is 8.74. The number of ether oxygens (including phenoxy) is 2. The van der Waals surface area contributed by atoms with Gasteiger partial charge in [-0.2, -0.15) is 5.10 Å². The molecule has 1 fully saturated rings. The smallest absolute Gasteiger partial charge is 0.255 e. The molecule has 7 heteroatoms. The zero-order valence-electron chi connectivity index (χ0n) is 15.2.